The van der Waals surface area contributed by atoms with E-state index < -0.39 is 5.60 Å². The van der Waals surface area contributed by atoms with Gasteiger partial charge in [0.05, 0.1) is 24.0 Å². The molecule has 1 aliphatic heterocycles. The third kappa shape index (κ3) is 3.95. The number of carbonyl (C=O) groups is 1. The van der Waals surface area contributed by atoms with Gasteiger partial charge in [-0.1, -0.05) is 15.9 Å². The Morgan fingerprint density at radius 2 is 1.88 bits per heavy atom. The maximum atomic E-state index is 12.7. The molecule has 1 saturated heterocycles. The molecule has 8 heteroatoms. The molecule has 2 heterocycles. The van der Waals surface area contributed by atoms with E-state index in [0.717, 1.165) is 4.47 Å². The summed E-state index contributed by atoms with van der Waals surface area (Å²) in [5.41, 5.74) is 0.0368. The molecular formula is C17H21BrN4O3. The summed E-state index contributed by atoms with van der Waals surface area (Å²) in [4.78, 5) is 30.9. The lowest BCUT2D eigenvalue weighted by Gasteiger charge is -2.36. The van der Waals surface area contributed by atoms with Gasteiger partial charge in [-0.2, -0.15) is 0 Å². The fourth-order valence-electron chi connectivity index (χ4n) is 2.71. The zero-order valence-electron chi connectivity index (χ0n) is 14.5. The van der Waals surface area contributed by atoms with E-state index in [1.54, 1.807) is 17.3 Å². The molecule has 1 aliphatic rings. The predicted molar refractivity (Wildman–Crippen MR) is 99.5 cm³/mol. The molecule has 1 aromatic carbocycles. The highest BCUT2D eigenvalue weighted by Gasteiger charge is 2.26. The van der Waals surface area contributed by atoms with Crippen molar-refractivity contribution in [3.63, 3.8) is 0 Å². The second kappa shape index (κ2) is 6.67. The fourth-order valence-corrected chi connectivity index (χ4v) is 3.07. The highest BCUT2D eigenvalue weighted by atomic mass is 79.9. The van der Waals surface area contributed by atoms with Crippen LogP contribution in [0.4, 0.5) is 4.79 Å². The summed E-state index contributed by atoms with van der Waals surface area (Å²) in [7, 11) is 0. The molecule has 0 bridgehead atoms. The van der Waals surface area contributed by atoms with Crippen LogP contribution in [0.15, 0.2) is 33.8 Å². The van der Waals surface area contributed by atoms with Gasteiger partial charge in [0.15, 0.2) is 0 Å². The van der Waals surface area contributed by atoms with Crippen LogP contribution in [0.3, 0.4) is 0 Å². The monoisotopic (exact) mass is 408 g/mol. The summed E-state index contributed by atoms with van der Waals surface area (Å²) in [6, 6.07) is 5.45. The molecule has 1 aromatic heterocycles. The number of hydrogen-bond acceptors (Lipinski definition) is 5. The Balaban J connectivity index is 1.75. The van der Waals surface area contributed by atoms with Crippen LogP contribution in [0.5, 0.6) is 0 Å². The van der Waals surface area contributed by atoms with Crippen molar-refractivity contribution < 1.29 is 9.53 Å². The summed E-state index contributed by atoms with van der Waals surface area (Å²) < 4.78 is 7.76. The minimum atomic E-state index is -0.513. The molecule has 0 atom stereocenters. The molecule has 3 rings (SSSR count). The van der Waals surface area contributed by atoms with Crippen LogP contribution in [-0.4, -0.2) is 52.4 Å². The van der Waals surface area contributed by atoms with E-state index in [4.69, 9.17) is 4.74 Å². The number of fused-ring (bicyclic) bond motifs is 1. The third-order valence-electron chi connectivity index (χ3n) is 3.92. The Bertz CT molecular complexity index is 851. The van der Waals surface area contributed by atoms with Crippen molar-refractivity contribution >= 4 is 32.9 Å². The zero-order valence-corrected chi connectivity index (χ0v) is 16.1. The number of nitrogens with zero attached hydrogens (tertiary/aromatic N) is 4. The summed E-state index contributed by atoms with van der Waals surface area (Å²) in [5.74, 6) is 0. The first-order valence-corrected chi connectivity index (χ1v) is 8.94. The lowest BCUT2D eigenvalue weighted by atomic mass is 10.2. The molecule has 0 radical (unpaired) electrons. The van der Waals surface area contributed by atoms with Crippen LogP contribution in [0.25, 0.3) is 10.9 Å². The molecule has 25 heavy (non-hydrogen) atoms. The van der Waals surface area contributed by atoms with Crippen LogP contribution in [0.1, 0.15) is 20.8 Å². The summed E-state index contributed by atoms with van der Waals surface area (Å²) >= 11 is 3.39. The van der Waals surface area contributed by atoms with Crippen LogP contribution in [0.2, 0.25) is 0 Å². The molecule has 134 valence electrons. The molecule has 7 nitrogen and oxygen atoms in total. The first-order chi connectivity index (χ1) is 11.7. The zero-order chi connectivity index (χ0) is 18.2. The lowest BCUT2D eigenvalue weighted by Crippen LogP contribution is -2.55. The van der Waals surface area contributed by atoms with Crippen molar-refractivity contribution in [2.24, 2.45) is 0 Å². The summed E-state index contributed by atoms with van der Waals surface area (Å²) in [6.07, 6.45) is 1.22. The maximum Gasteiger partial charge on any atom is 0.410 e. The van der Waals surface area contributed by atoms with Crippen molar-refractivity contribution in [3.8, 4) is 0 Å². The van der Waals surface area contributed by atoms with Crippen molar-refractivity contribution in [1.82, 2.24) is 14.6 Å². The molecule has 1 fully saturated rings. The van der Waals surface area contributed by atoms with Gasteiger partial charge < -0.3 is 14.6 Å². The van der Waals surface area contributed by atoms with Crippen molar-refractivity contribution in [1.29, 1.82) is 0 Å². The number of ether oxygens (including phenoxy) is 1. The van der Waals surface area contributed by atoms with Gasteiger partial charge >= 0.3 is 6.09 Å². The van der Waals surface area contributed by atoms with E-state index in [0.29, 0.717) is 37.1 Å². The molecule has 2 aromatic rings. The van der Waals surface area contributed by atoms with Gasteiger partial charge in [-0.3, -0.25) is 4.79 Å². The number of aromatic nitrogens is 2. The molecule has 0 N–H and O–H groups in total. The van der Waals surface area contributed by atoms with Crippen LogP contribution in [0, 0.1) is 0 Å². The maximum absolute atomic E-state index is 12.7. The second-order valence-corrected chi connectivity index (χ2v) is 7.89. The average molecular weight is 409 g/mol. The molecule has 0 unspecified atom stereocenters. The fraction of sp³-hybridized carbons (Fsp3) is 0.471. The van der Waals surface area contributed by atoms with Crippen LogP contribution in [-0.2, 0) is 4.74 Å². The smallest absolute Gasteiger partial charge is 0.410 e. The summed E-state index contributed by atoms with van der Waals surface area (Å²) in [5, 5.41) is 2.46. The van der Waals surface area contributed by atoms with E-state index >= 15 is 0 Å². The number of carbonyl (C=O) groups excluding carboxylic acids is 1. The summed E-state index contributed by atoms with van der Waals surface area (Å²) in [6.45, 7) is 7.62. The van der Waals surface area contributed by atoms with Crippen molar-refractivity contribution in [2.45, 2.75) is 26.4 Å². The first-order valence-electron chi connectivity index (χ1n) is 8.15. The van der Waals surface area contributed by atoms with E-state index in [-0.39, 0.29) is 11.7 Å². The Morgan fingerprint density at radius 3 is 2.52 bits per heavy atom. The van der Waals surface area contributed by atoms with Gasteiger partial charge in [-0.15, -0.1) is 0 Å². The Morgan fingerprint density at radius 1 is 1.20 bits per heavy atom. The third-order valence-corrected chi connectivity index (χ3v) is 4.41. The molecule has 1 amide bonds. The number of amides is 1. The Hall–Kier alpha value is -2.09. The van der Waals surface area contributed by atoms with Gasteiger partial charge in [-0.05, 0) is 39.0 Å². The lowest BCUT2D eigenvalue weighted by molar-refractivity contribution is 0.0232. The Labute approximate surface area is 154 Å². The van der Waals surface area contributed by atoms with Gasteiger partial charge in [0.1, 0.15) is 11.9 Å². The minimum Gasteiger partial charge on any atom is -0.444 e. The second-order valence-electron chi connectivity index (χ2n) is 6.98. The molecule has 0 spiro atoms. The normalized spacial score (nSPS) is 15.5. The predicted octanol–water partition coefficient (Wildman–Crippen LogP) is 2.35. The largest absolute Gasteiger partial charge is 0.444 e. The standard InChI is InChI=1S/C17H21BrN4O3/c1-17(2,3)25-16(24)20-6-8-21(9-7-20)22-11-19-14-5-4-12(18)10-13(14)15(22)23/h4-5,10-11H,6-9H2,1-3H3. The number of halogens is 1. The molecule has 0 saturated carbocycles. The number of piperazine rings is 1. The average Bonchev–Trinajstić information content (AvgIpc) is 2.54. The topological polar surface area (TPSA) is 67.7 Å². The van der Waals surface area contributed by atoms with Gasteiger partial charge in [0.25, 0.3) is 5.56 Å². The highest BCUT2D eigenvalue weighted by molar-refractivity contribution is 9.10. The van der Waals surface area contributed by atoms with Crippen molar-refractivity contribution in [3.05, 3.63) is 39.4 Å². The number of hydrogen-bond donors (Lipinski definition) is 0. The van der Waals surface area contributed by atoms with E-state index in [1.165, 1.54) is 4.68 Å². The van der Waals surface area contributed by atoms with Crippen LogP contribution >= 0.6 is 15.9 Å². The van der Waals surface area contributed by atoms with E-state index in [9.17, 15) is 9.59 Å². The first kappa shape index (κ1) is 17.7. The van der Waals surface area contributed by atoms with Crippen LogP contribution < -0.4 is 10.6 Å². The van der Waals surface area contributed by atoms with Crippen molar-refractivity contribution in [2.75, 3.05) is 31.2 Å². The van der Waals surface area contributed by atoms with Gasteiger partial charge in [-0.25, -0.2) is 14.5 Å². The Kier molecular flexibility index (Phi) is 4.73. The number of benzene rings is 1. The van der Waals surface area contributed by atoms with Gasteiger partial charge in [0, 0.05) is 17.6 Å². The van der Waals surface area contributed by atoms with E-state index in [2.05, 4.69) is 20.9 Å². The molecule has 0 aliphatic carbocycles. The molecular weight excluding hydrogens is 388 g/mol. The highest BCUT2D eigenvalue weighted by Crippen LogP contribution is 2.15. The van der Waals surface area contributed by atoms with E-state index in [1.807, 2.05) is 37.9 Å². The number of rotatable bonds is 1. The quantitative estimate of drug-likeness (QED) is 0.724. The minimum absolute atomic E-state index is 0.114. The van der Waals surface area contributed by atoms with Gasteiger partial charge in [0.2, 0.25) is 0 Å². The SMILES string of the molecule is CC(C)(C)OC(=O)N1CCN(n2cnc3ccc(Br)cc3c2=O)CC1.